The molecular formula is C11H15BrN2O2S. The van der Waals surface area contributed by atoms with Crippen LogP contribution in [0.2, 0.25) is 0 Å². The summed E-state index contributed by atoms with van der Waals surface area (Å²) in [4.78, 5) is 0.195. The number of hydrogen-bond acceptors (Lipinski definition) is 3. The highest BCUT2D eigenvalue weighted by atomic mass is 79.9. The van der Waals surface area contributed by atoms with E-state index in [1.54, 1.807) is 18.2 Å². The Morgan fingerprint density at radius 2 is 2.18 bits per heavy atom. The molecule has 2 N–H and O–H groups in total. The molecule has 94 valence electrons. The third-order valence-corrected chi connectivity index (χ3v) is 5.39. The first kappa shape index (κ1) is 12.9. The van der Waals surface area contributed by atoms with E-state index in [9.17, 15) is 8.42 Å². The van der Waals surface area contributed by atoms with Crippen molar-refractivity contribution in [2.45, 2.75) is 18.2 Å². The normalized spacial score (nSPS) is 21.9. The van der Waals surface area contributed by atoms with E-state index in [0.717, 1.165) is 10.9 Å². The van der Waals surface area contributed by atoms with Crippen LogP contribution < -0.4 is 5.73 Å². The summed E-state index contributed by atoms with van der Waals surface area (Å²) in [7, 11) is -3.45. The van der Waals surface area contributed by atoms with Crippen LogP contribution in [0.4, 0.5) is 5.69 Å². The van der Waals surface area contributed by atoms with Crippen molar-refractivity contribution in [1.82, 2.24) is 4.31 Å². The van der Waals surface area contributed by atoms with Gasteiger partial charge in [0.15, 0.2) is 0 Å². The fourth-order valence-corrected chi connectivity index (χ4v) is 4.21. The fourth-order valence-electron chi connectivity index (χ4n) is 1.98. The predicted octanol–water partition coefficient (Wildman–Crippen LogP) is 2.06. The average Bonchev–Trinajstić information content (AvgIpc) is 2.69. The van der Waals surface area contributed by atoms with Crippen molar-refractivity contribution in [3.05, 3.63) is 22.7 Å². The minimum absolute atomic E-state index is 0.195. The van der Waals surface area contributed by atoms with Gasteiger partial charge in [-0.15, -0.1) is 0 Å². The van der Waals surface area contributed by atoms with E-state index in [2.05, 4.69) is 22.9 Å². The van der Waals surface area contributed by atoms with Crippen molar-refractivity contribution in [1.29, 1.82) is 0 Å². The Hall–Kier alpha value is -0.590. The molecule has 0 aromatic heterocycles. The lowest BCUT2D eigenvalue weighted by Crippen LogP contribution is -2.29. The Kier molecular flexibility index (Phi) is 3.47. The first-order valence-electron chi connectivity index (χ1n) is 5.46. The van der Waals surface area contributed by atoms with Crippen LogP contribution in [0.25, 0.3) is 0 Å². The average molecular weight is 319 g/mol. The maximum Gasteiger partial charge on any atom is 0.245 e. The SMILES string of the molecule is CC1CCN(S(=O)(=O)c2cc(Br)ccc2N)C1. The molecule has 6 heteroatoms. The number of nitrogens with zero attached hydrogens (tertiary/aromatic N) is 1. The molecule has 0 saturated carbocycles. The molecular weight excluding hydrogens is 304 g/mol. The quantitative estimate of drug-likeness (QED) is 0.849. The number of nitrogen functional groups attached to an aromatic ring is 1. The highest BCUT2D eigenvalue weighted by Crippen LogP contribution is 2.29. The predicted molar refractivity (Wildman–Crippen MR) is 71.1 cm³/mol. The second-order valence-corrected chi connectivity index (χ2v) is 7.26. The minimum Gasteiger partial charge on any atom is -0.398 e. The number of anilines is 1. The third kappa shape index (κ3) is 2.48. The van der Waals surface area contributed by atoms with Crippen LogP contribution in [0, 0.1) is 5.92 Å². The van der Waals surface area contributed by atoms with Crippen LogP contribution in [0.15, 0.2) is 27.6 Å². The first-order valence-corrected chi connectivity index (χ1v) is 7.70. The lowest BCUT2D eigenvalue weighted by atomic mass is 10.2. The summed E-state index contributed by atoms with van der Waals surface area (Å²) in [6, 6.07) is 4.91. The van der Waals surface area contributed by atoms with Gasteiger partial charge in [-0.25, -0.2) is 8.42 Å². The van der Waals surface area contributed by atoms with E-state index < -0.39 is 10.0 Å². The molecule has 0 bridgehead atoms. The van der Waals surface area contributed by atoms with E-state index >= 15 is 0 Å². The highest BCUT2D eigenvalue weighted by molar-refractivity contribution is 9.10. The van der Waals surface area contributed by atoms with Crippen LogP contribution in [-0.4, -0.2) is 25.8 Å². The Bertz CT molecular complexity index is 530. The molecule has 1 aromatic carbocycles. The van der Waals surface area contributed by atoms with Crippen molar-refractivity contribution < 1.29 is 8.42 Å². The molecule has 0 spiro atoms. The smallest absolute Gasteiger partial charge is 0.245 e. The molecule has 1 aromatic rings. The van der Waals surface area contributed by atoms with Crippen LogP contribution in [0.5, 0.6) is 0 Å². The number of halogens is 1. The zero-order chi connectivity index (χ0) is 12.6. The van der Waals surface area contributed by atoms with Gasteiger partial charge in [0.1, 0.15) is 4.90 Å². The van der Waals surface area contributed by atoms with E-state index in [1.165, 1.54) is 4.31 Å². The Morgan fingerprint density at radius 3 is 2.76 bits per heavy atom. The van der Waals surface area contributed by atoms with E-state index in [-0.39, 0.29) is 4.90 Å². The molecule has 0 aliphatic carbocycles. The topological polar surface area (TPSA) is 63.4 Å². The van der Waals surface area contributed by atoms with Gasteiger partial charge in [0, 0.05) is 17.6 Å². The van der Waals surface area contributed by atoms with Gasteiger partial charge < -0.3 is 5.73 Å². The van der Waals surface area contributed by atoms with Crippen molar-refractivity contribution in [2.24, 2.45) is 5.92 Å². The highest BCUT2D eigenvalue weighted by Gasteiger charge is 2.31. The van der Waals surface area contributed by atoms with Gasteiger partial charge in [0.05, 0.1) is 5.69 Å². The Morgan fingerprint density at radius 1 is 1.47 bits per heavy atom. The number of benzene rings is 1. The van der Waals surface area contributed by atoms with E-state index in [0.29, 0.717) is 24.7 Å². The van der Waals surface area contributed by atoms with Crippen molar-refractivity contribution >= 4 is 31.6 Å². The summed E-state index contributed by atoms with van der Waals surface area (Å²) in [6.45, 7) is 3.21. The van der Waals surface area contributed by atoms with E-state index in [1.807, 2.05) is 0 Å². The lowest BCUT2D eigenvalue weighted by molar-refractivity contribution is 0.465. The van der Waals surface area contributed by atoms with E-state index in [4.69, 9.17) is 5.73 Å². The van der Waals surface area contributed by atoms with Crippen molar-refractivity contribution in [2.75, 3.05) is 18.8 Å². The molecule has 1 saturated heterocycles. The molecule has 1 heterocycles. The van der Waals surface area contributed by atoms with Gasteiger partial charge >= 0.3 is 0 Å². The molecule has 1 aliphatic heterocycles. The van der Waals surface area contributed by atoms with Crippen LogP contribution in [0.1, 0.15) is 13.3 Å². The van der Waals surface area contributed by atoms with Crippen LogP contribution in [0.3, 0.4) is 0 Å². The molecule has 1 atom stereocenters. The maximum absolute atomic E-state index is 12.4. The van der Waals surface area contributed by atoms with Gasteiger partial charge in [-0.3, -0.25) is 0 Å². The second-order valence-electron chi connectivity index (χ2n) is 4.44. The first-order chi connectivity index (χ1) is 7.91. The molecule has 1 unspecified atom stereocenters. The van der Waals surface area contributed by atoms with Crippen LogP contribution in [-0.2, 0) is 10.0 Å². The summed E-state index contributed by atoms with van der Waals surface area (Å²) in [5.74, 6) is 0.415. The van der Waals surface area contributed by atoms with Gasteiger partial charge in [0.25, 0.3) is 0 Å². The zero-order valence-electron chi connectivity index (χ0n) is 9.56. The molecule has 0 radical (unpaired) electrons. The summed E-state index contributed by atoms with van der Waals surface area (Å²) >= 11 is 3.27. The maximum atomic E-state index is 12.4. The number of hydrogen-bond donors (Lipinski definition) is 1. The summed E-state index contributed by atoms with van der Waals surface area (Å²) in [5, 5.41) is 0. The van der Waals surface area contributed by atoms with Gasteiger partial charge in [-0.2, -0.15) is 4.31 Å². The lowest BCUT2D eigenvalue weighted by Gasteiger charge is -2.17. The number of sulfonamides is 1. The summed E-state index contributed by atoms with van der Waals surface area (Å²) in [6.07, 6.45) is 0.910. The number of nitrogens with two attached hydrogens (primary N) is 1. The Balaban J connectivity index is 2.41. The van der Waals surface area contributed by atoms with Crippen LogP contribution >= 0.6 is 15.9 Å². The monoisotopic (exact) mass is 318 g/mol. The van der Waals surface area contributed by atoms with Gasteiger partial charge in [0.2, 0.25) is 10.0 Å². The number of rotatable bonds is 2. The zero-order valence-corrected chi connectivity index (χ0v) is 12.0. The molecule has 0 amide bonds. The molecule has 1 fully saturated rings. The summed E-state index contributed by atoms with van der Waals surface area (Å²) in [5.41, 5.74) is 6.05. The van der Waals surface area contributed by atoms with Crippen molar-refractivity contribution in [3.63, 3.8) is 0 Å². The van der Waals surface area contributed by atoms with Gasteiger partial charge in [-0.1, -0.05) is 22.9 Å². The molecule has 1 aliphatic rings. The fraction of sp³-hybridized carbons (Fsp3) is 0.455. The molecule has 4 nitrogen and oxygen atoms in total. The molecule has 17 heavy (non-hydrogen) atoms. The largest absolute Gasteiger partial charge is 0.398 e. The third-order valence-electron chi connectivity index (χ3n) is 2.98. The summed E-state index contributed by atoms with van der Waals surface area (Å²) < 4.78 is 27.0. The van der Waals surface area contributed by atoms with Crippen molar-refractivity contribution in [3.8, 4) is 0 Å². The Labute approximate surface area is 110 Å². The second kappa shape index (κ2) is 4.59. The molecule has 2 rings (SSSR count). The minimum atomic E-state index is -3.45. The standard InChI is InChI=1S/C11H15BrN2O2S/c1-8-4-5-14(7-8)17(15,16)11-6-9(12)2-3-10(11)13/h2-3,6,8H,4-5,7,13H2,1H3. The van der Waals surface area contributed by atoms with Gasteiger partial charge in [-0.05, 0) is 30.5 Å².